The van der Waals surface area contributed by atoms with Gasteiger partial charge < -0.3 is 27.4 Å². The first-order valence-corrected chi connectivity index (χ1v) is 46.2. The summed E-state index contributed by atoms with van der Waals surface area (Å²) >= 11 is 0. The standard InChI is InChI=1S/3C21H23N2.2C20H17N2.C17H11N2.3Ir/c3*1-15(2)18-11-8-12-19(16(3)4)20(18)23-14-13-22-21(23)17-9-6-5-7-10-17;2*1-14(2)15-7-5-8-16(13-15)22-19-11-4-3-9-17(19)18-10-6-12-21-20(18)22;1-2-7-13(8-3-1)19-16-11-5-4-9-14(16)15-10-6-12-18-17(15)19;;;/h3*5-9,11-16H,1-4H3;2*3-7,9-14H,1-2H3;1-7,9-12H;;;/q6*-1;;;. The van der Waals surface area contributed by atoms with Gasteiger partial charge in [-0.1, -0.05) is 237 Å². The molecule has 0 unspecified atom stereocenters. The number of imidazole rings is 3. The van der Waals surface area contributed by atoms with Gasteiger partial charge in [0.2, 0.25) is 0 Å². The van der Waals surface area contributed by atoms with Gasteiger partial charge in [0, 0.05) is 165 Å². The summed E-state index contributed by atoms with van der Waals surface area (Å²) in [5.41, 5.74) is 27.2. The molecule has 0 aliphatic rings. The van der Waals surface area contributed by atoms with E-state index in [-0.39, 0.29) is 60.3 Å². The van der Waals surface area contributed by atoms with Crippen molar-refractivity contribution in [1.82, 2.24) is 57.3 Å². The molecule has 0 bridgehead atoms. The molecule has 21 rings (SSSR count). The first-order chi connectivity index (χ1) is 64.2. The Bertz CT molecular complexity index is 6710. The maximum atomic E-state index is 4.61. The second-order valence-corrected chi connectivity index (χ2v) is 35.7. The third-order valence-electron chi connectivity index (χ3n) is 24.2. The van der Waals surface area contributed by atoms with E-state index in [1.165, 1.54) is 110 Å². The van der Waals surface area contributed by atoms with Crippen molar-refractivity contribution >= 4 is 65.8 Å². The monoisotopic (exact) mass is 2300 g/mol. The molecule has 135 heavy (non-hydrogen) atoms. The van der Waals surface area contributed by atoms with Crippen LogP contribution < -0.4 is 0 Å². The Morgan fingerprint density at radius 3 is 0.741 bits per heavy atom. The second kappa shape index (κ2) is 45.9. The summed E-state index contributed by atoms with van der Waals surface area (Å²) in [7, 11) is 0. The number of nitrogens with zero attached hydrogens (tertiary/aromatic N) is 12. The molecule has 0 saturated heterocycles. The van der Waals surface area contributed by atoms with Crippen molar-refractivity contribution in [2.45, 2.75) is 158 Å². The van der Waals surface area contributed by atoms with E-state index in [9.17, 15) is 0 Å². The van der Waals surface area contributed by atoms with Crippen LogP contribution in [0.2, 0.25) is 0 Å². The number of hydrogen-bond donors (Lipinski definition) is 0. The molecule has 0 spiro atoms. The van der Waals surface area contributed by atoms with E-state index in [1.807, 2.05) is 140 Å². The van der Waals surface area contributed by atoms with E-state index in [2.05, 4.69) is 417 Å². The topological polar surface area (TPSA) is 107 Å². The molecule has 9 heterocycles. The number of pyridine rings is 3. The molecule has 687 valence electrons. The molecular formula is C120H114Ir3N12-6. The predicted octanol–water partition coefficient (Wildman–Crippen LogP) is 30.9. The molecule has 0 aliphatic heterocycles. The molecule has 3 radical (unpaired) electrons. The van der Waals surface area contributed by atoms with Crippen LogP contribution in [0.4, 0.5) is 0 Å². The minimum atomic E-state index is 0. The van der Waals surface area contributed by atoms with Gasteiger partial charge in [-0.15, -0.1) is 126 Å². The first kappa shape index (κ1) is 99.5. The fourth-order valence-electron chi connectivity index (χ4n) is 17.6. The van der Waals surface area contributed by atoms with Crippen LogP contribution >= 0.6 is 0 Å². The van der Waals surface area contributed by atoms with Crippen LogP contribution in [0.5, 0.6) is 0 Å². The van der Waals surface area contributed by atoms with Crippen molar-refractivity contribution in [2.75, 3.05) is 0 Å². The van der Waals surface area contributed by atoms with Gasteiger partial charge in [0.15, 0.2) is 0 Å². The van der Waals surface area contributed by atoms with Gasteiger partial charge in [0.05, 0.1) is 34.0 Å². The van der Waals surface area contributed by atoms with Crippen LogP contribution in [0.3, 0.4) is 0 Å². The fourth-order valence-corrected chi connectivity index (χ4v) is 17.6. The molecular weight excluding hydrogens is 2190 g/mol. The number of aromatic nitrogens is 12. The average molecular weight is 2300 g/mol. The first-order valence-electron chi connectivity index (χ1n) is 46.2. The van der Waals surface area contributed by atoms with E-state index < -0.39 is 0 Å². The SMILES string of the molecule is CC(C)c1cc[c-]c(-n2c3ccccc3c3cccnc32)c1.CC(C)c1cc[c-]c(-n2c3ccccc3c3cccnc32)c1.CC(C)c1cccc(C(C)C)c1-n1ccnc1-c1[c-]cccc1.CC(C)c1cccc(C(C)C)c1-n1ccnc1-c1[c-]cccc1.CC(C)c1cccc(C(C)C)c1-n1ccnc1-c1[c-]cccc1.[Ir].[Ir].[Ir].[c-]1ccccc1-n1c2ccccc2c2cccnc21. The molecule has 0 saturated carbocycles. The zero-order chi connectivity index (χ0) is 92.1. The maximum absolute atomic E-state index is 4.61. The van der Waals surface area contributed by atoms with Crippen molar-refractivity contribution in [2.24, 2.45) is 0 Å². The molecule has 9 aromatic heterocycles. The Hall–Kier alpha value is -12.9. The normalized spacial score (nSPS) is 11.2. The van der Waals surface area contributed by atoms with Gasteiger partial charge in [-0.25, -0.2) is 15.0 Å². The van der Waals surface area contributed by atoms with E-state index in [0.717, 1.165) is 68.2 Å². The molecule has 12 aromatic carbocycles. The van der Waals surface area contributed by atoms with Crippen molar-refractivity contribution in [3.8, 4) is 68.3 Å². The Morgan fingerprint density at radius 1 is 0.215 bits per heavy atom. The number of para-hydroxylation sites is 7. The average Bonchev–Trinajstić information content (AvgIpc) is 1.59. The molecule has 0 amide bonds. The van der Waals surface area contributed by atoms with Crippen molar-refractivity contribution in [3.63, 3.8) is 0 Å². The third-order valence-corrected chi connectivity index (χ3v) is 24.2. The Morgan fingerprint density at radius 2 is 0.474 bits per heavy atom. The van der Waals surface area contributed by atoms with Crippen LogP contribution in [0, 0.1) is 36.4 Å². The van der Waals surface area contributed by atoms with Crippen LogP contribution in [-0.2, 0) is 60.3 Å². The summed E-state index contributed by atoms with van der Waals surface area (Å²) in [4.78, 5) is 27.5. The van der Waals surface area contributed by atoms with E-state index in [1.54, 1.807) is 0 Å². The Kier molecular flexibility index (Phi) is 33.8. The van der Waals surface area contributed by atoms with Crippen LogP contribution in [-0.4, -0.2) is 57.3 Å². The molecule has 0 aliphatic carbocycles. The number of rotatable bonds is 17. The fraction of sp³-hybridized carbons (Fsp3) is 0.200. The van der Waals surface area contributed by atoms with Gasteiger partial charge in [-0.3, -0.25) is 15.0 Å². The van der Waals surface area contributed by atoms with Gasteiger partial charge in [0.25, 0.3) is 0 Å². The second-order valence-electron chi connectivity index (χ2n) is 35.7. The number of hydrogen-bond acceptors (Lipinski definition) is 6. The summed E-state index contributed by atoms with van der Waals surface area (Å²) in [5.74, 6) is 6.57. The molecule has 21 aromatic rings. The Labute approximate surface area is 836 Å². The summed E-state index contributed by atoms with van der Waals surface area (Å²) in [6.07, 6.45) is 17.3. The van der Waals surface area contributed by atoms with Crippen molar-refractivity contribution in [3.05, 3.63) is 434 Å². The zero-order valence-electron chi connectivity index (χ0n) is 79.5. The van der Waals surface area contributed by atoms with Gasteiger partial charge >= 0.3 is 0 Å². The molecule has 12 nitrogen and oxygen atoms in total. The quantitative estimate of drug-likeness (QED) is 0.0841. The largest absolute Gasteiger partial charge is 0.340 e. The summed E-state index contributed by atoms with van der Waals surface area (Å²) in [5, 5.41) is 7.23. The zero-order valence-corrected chi connectivity index (χ0v) is 86.7. The molecule has 15 heteroatoms. The van der Waals surface area contributed by atoms with E-state index in [4.69, 9.17) is 0 Å². The summed E-state index contributed by atoms with van der Waals surface area (Å²) < 4.78 is 13.2. The smallest absolute Gasteiger partial charge is 0.143 e. The molecule has 0 N–H and O–H groups in total. The third kappa shape index (κ3) is 21.7. The van der Waals surface area contributed by atoms with Crippen LogP contribution in [0.25, 0.3) is 134 Å². The van der Waals surface area contributed by atoms with Gasteiger partial charge in [0.1, 0.15) is 16.9 Å². The number of benzene rings is 12. The molecule has 0 fully saturated rings. The van der Waals surface area contributed by atoms with E-state index >= 15 is 0 Å². The van der Waals surface area contributed by atoms with Crippen LogP contribution in [0.1, 0.15) is 203 Å². The van der Waals surface area contributed by atoms with Crippen molar-refractivity contribution in [1.29, 1.82) is 0 Å². The van der Waals surface area contributed by atoms with E-state index in [0.29, 0.717) is 47.3 Å². The van der Waals surface area contributed by atoms with Gasteiger partial charge in [-0.05, 0) is 135 Å². The Balaban J connectivity index is 0.000000137. The predicted molar refractivity (Wildman–Crippen MR) is 548 cm³/mol. The van der Waals surface area contributed by atoms with Crippen molar-refractivity contribution < 1.29 is 60.3 Å². The summed E-state index contributed by atoms with van der Waals surface area (Å²) in [6.45, 7) is 35.8. The minimum Gasteiger partial charge on any atom is -0.340 e. The molecule has 0 atom stereocenters. The van der Waals surface area contributed by atoms with Crippen LogP contribution in [0.15, 0.2) is 353 Å². The number of fused-ring (bicyclic) bond motifs is 9. The maximum Gasteiger partial charge on any atom is 0.143 e. The summed E-state index contributed by atoms with van der Waals surface area (Å²) in [6, 6.07) is 122. The van der Waals surface area contributed by atoms with Gasteiger partial charge in [-0.2, -0.15) is 71.8 Å². The minimum absolute atomic E-state index is 0.